The van der Waals surface area contributed by atoms with Crippen LogP contribution in [-0.4, -0.2) is 32.7 Å². The Morgan fingerprint density at radius 1 is 1.06 bits per heavy atom. The molecule has 1 atom stereocenters. The summed E-state index contributed by atoms with van der Waals surface area (Å²) in [7, 11) is 0. The average Bonchev–Trinajstić information content (AvgIpc) is 3.50. The van der Waals surface area contributed by atoms with E-state index in [0.29, 0.717) is 29.0 Å². The van der Waals surface area contributed by atoms with Crippen LogP contribution in [0.2, 0.25) is 0 Å². The Balaban J connectivity index is 1.34. The van der Waals surface area contributed by atoms with Gasteiger partial charge in [-0.1, -0.05) is 36.0 Å². The molecule has 0 saturated carbocycles. The van der Waals surface area contributed by atoms with Gasteiger partial charge in [0.1, 0.15) is 5.82 Å². The Hall–Kier alpha value is -3.85. The first-order chi connectivity index (χ1) is 16.6. The third-order valence-corrected chi connectivity index (χ3v) is 6.35. The van der Waals surface area contributed by atoms with E-state index >= 15 is 0 Å². The number of carbonyl (C=O) groups excluding carboxylic acids is 1. The lowest BCUT2D eigenvalue weighted by atomic mass is 10.2. The van der Waals surface area contributed by atoms with Crippen LogP contribution in [-0.2, 0) is 11.3 Å². The van der Waals surface area contributed by atoms with Crippen LogP contribution < -0.4 is 14.8 Å². The lowest BCUT2D eigenvalue weighted by Gasteiger charge is -2.14. The van der Waals surface area contributed by atoms with Gasteiger partial charge in [0.25, 0.3) is 0 Å². The first-order valence-electron chi connectivity index (χ1n) is 10.7. The highest BCUT2D eigenvalue weighted by molar-refractivity contribution is 8.00. The molecule has 0 spiro atoms. The zero-order valence-corrected chi connectivity index (χ0v) is 19.1. The summed E-state index contributed by atoms with van der Waals surface area (Å²) in [5.41, 5.74) is 2.49. The highest BCUT2D eigenvalue weighted by Gasteiger charge is 2.22. The first kappa shape index (κ1) is 22.0. The van der Waals surface area contributed by atoms with E-state index in [4.69, 9.17) is 9.47 Å². The molecule has 7 nitrogen and oxygen atoms in total. The SMILES string of the molecule is CC(Sc1nnc(-c2ccc(F)cc2)n1-c1ccccc1)C(=O)NCc1ccc2c(c1)OCO2. The molecule has 0 bridgehead atoms. The van der Waals surface area contributed by atoms with Gasteiger partial charge in [0.05, 0.1) is 5.25 Å². The number of ether oxygens (including phenoxy) is 2. The minimum atomic E-state index is -0.429. The van der Waals surface area contributed by atoms with Gasteiger partial charge in [-0.2, -0.15) is 0 Å². The van der Waals surface area contributed by atoms with E-state index in [1.165, 1.54) is 23.9 Å². The van der Waals surface area contributed by atoms with Crippen molar-refractivity contribution in [1.29, 1.82) is 0 Å². The van der Waals surface area contributed by atoms with Crippen molar-refractivity contribution in [3.05, 3.63) is 84.2 Å². The number of nitrogens with one attached hydrogen (secondary N) is 1. The molecular formula is C25H21FN4O3S. The average molecular weight is 477 g/mol. The maximum Gasteiger partial charge on any atom is 0.233 e. The van der Waals surface area contributed by atoms with Crippen LogP contribution in [0.5, 0.6) is 11.5 Å². The highest BCUT2D eigenvalue weighted by Crippen LogP contribution is 2.33. The van der Waals surface area contributed by atoms with Crippen molar-refractivity contribution in [3.63, 3.8) is 0 Å². The van der Waals surface area contributed by atoms with E-state index in [1.807, 2.05) is 60.0 Å². The Labute approximate surface area is 199 Å². The van der Waals surface area contributed by atoms with E-state index in [2.05, 4.69) is 15.5 Å². The predicted octanol–water partition coefficient (Wildman–Crippen LogP) is 4.60. The molecule has 1 N–H and O–H groups in total. The lowest BCUT2D eigenvalue weighted by Crippen LogP contribution is -2.30. The van der Waals surface area contributed by atoms with Crippen molar-refractivity contribution >= 4 is 17.7 Å². The minimum Gasteiger partial charge on any atom is -0.454 e. The van der Waals surface area contributed by atoms with Crippen molar-refractivity contribution in [2.75, 3.05) is 6.79 Å². The molecule has 0 saturated heterocycles. The van der Waals surface area contributed by atoms with Gasteiger partial charge in [-0.25, -0.2) is 4.39 Å². The maximum absolute atomic E-state index is 13.4. The van der Waals surface area contributed by atoms with E-state index in [0.717, 1.165) is 16.8 Å². The van der Waals surface area contributed by atoms with E-state index < -0.39 is 5.25 Å². The number of benzene rings is 3. The molecule has 0 aliphatic carbocycles. The molecule has 1 unspecified atom stereocenters. The van der Waals surface area contributed by atoms with E-state index in [-0.39, 0.29) is 18.5 Å². The zero-order chi connectivity index (χ0) is 23.5. The Bertz CT molecular complexity index is 1310. The fourth-order valence-corrected chi connectivity index (χ4v) is 4.43. The second-order valence-electron chi connectivity index (χ2n) is 7.65. The Morgan fingerprint density at radius 2 is 1.82 bits per heavy atom. The van der Waals surface area contributed by atoms with Crippen LogP contribution in [0.25, 0.3) is 17.1 Å². The van der Waals surface area contributed by atoms with Crippen LogP contribution in [0.1, 0.15) is 12.5 Å². The monoisotopic (exact) mass is 476 g/mol. The number of fused-ring (bicyclic) bond motifs is 1. The van der Waals surface area contributed by atoms with Crippen LogP contribution in [0.3, 0.4) is 0 Å². The van der Waals surface area contributed by atoms with Crippen LogP contribution in [0.4, 0.5) is 4.39 Å². The number of rotatable bonds is 7. The molecule has 34 heavy (non-hydrogen) atoms. The van der Waals surface area contributed by atoms with E-state index in [1.54, 1.807) is 12.1 Å². The van der Waals surface area contributed by atoms with Crippen molar-refractivity contribution in [1.82, 2.24) is 20.1 Å². The molecule has 1 amide bonds. The van der Waals surface area contributed by atoms with Gasteiger partial charge in [0, 0.05) is 17.8 Å². The van der Waals surface area contributed by atoms with E-state index in [9.17, 15) is 9.18 Å². The molecule has 172 valence electrons. The minimum absolute atomic E-state index is 0.131. The normalized spacial score (nSPS) is 13.0. The summed E-state index contributed by atoms with van der Waals surface area (Å²) < 4.78 is 26.0. The second kappa shape index (κ2) is 9.56. The van der Waals surface area contributed by atoms with Gasteiger partial charge in [0.2, 0.25) is 12.7 Å². The standard InChI is InChI=1S/C25H21FN4O3S/c1-16(24(31)27-14-17-7-12-21-22(13-17)33-15-32-21)34-25-29-28-23(18-8-10-19(26)11-9-18)30(25)20-5-3-2-4-6-20/h2-13,16H,14-15H2,1H3,(H,27,31). The number of para-hydroxylation sites is 1. The summed E-state index contributed by atoms with van der Waals surface area (Å²) in [5, 5.41) is 11.8. The van der Waals surface area contributed by atoms with Crippen LogP contribution in [0.15, 0.2) is 78.0 Å². The van der Waals surface area contributed by atoms with Crippen LogP contribution >= 0.6 is 11.8 Å². The number of thioether (sulfide) groups is 1. The van der Waals surface area contributed by atoms with Gasteiger partial charge >= 0.3 is 0 Å². The summed E-state index contributed by atoms with van der Waals surface area (Å²) in [4.78, 5) is 12.8. The molecular weight excluding hydrogens is 455 g/mol. The molecule has 3 aromatic carbocycles. The first-order valence-corrected chi connectivity index (χ1v) is 11.6. The number of amides is 1. The third kappa shape index (κ3) is 4.60. The highest BCUT2D eigenvalue weighted by atomic mass is 32.2. The number of aromatic nitrogens is 3. The Kier molecular flexibility index (Phi) is 6.18. The molecule has 0 radical (unpaired) electrons. The Morgan fingerprint density at radius 3 is 2.62 bits per heavy atom. The zero-order valence-electron chi connectivity index (χ0n) is 18.3. The molecule has 1 aliphatic rings. The summed E-state index contributed by atoms with van der Waals surface area (Å²) in [5.74, 6) is 1.50. The number of hydrogen-bond donors (Lipinski definition) is 1. The van der Waals surface area contributed by atoms with Crippen LogP contribution in [0, 0.1) is 5.82 Å². The summed E-state index contributed by atoms with van der Waals surface area (Å²) >= 11 is 1.31. The molecule has 4 aromatic rings. The molecule has 0 fully saturated rings. The largest absolute Gasteiger partial charge is 0.454 e. The fraction of sp³-hybridized carbons (Fsp3) is 0.160. The number of carbonyl (C=O) groups is 1. The van der Waals surface area contributed by atoms with Gasteiger partial charge in [-0.3, -0.25) is 9.36 Å². The van der Waals surface area contributed by atoms with Gasteiger partial charge < -0.3 is 14.8 Å². The molecule has 1 aliphatic heterocycles. The molecule has 2 heterocycles. The maximum atomic E-state index is 13.4. The van der Waals surface area contributed by atoms with Crippen molar-refractivity contribution < 1.29 is 18.7 Å². The van der Waals surface area contributed by atoms with Crippen molar-refractivity contribution in [2.24, 2.45) is 0 Å². The number of hydrogen-bond acceptors (Lipinski definition) is 6. The summed E-state index contributed by atoms with van der Waals surface area (Å²) in [6.07, 6.45) is 0. The topological polar surface area (TPSA) is 78.3 Å². The number of halogens is 1. The van der Waals surface area contributed by atoms with Gasteiger partial charge in [0.15, 0.2) is 22.5 Å². The van der Waals surface area contributed by atoms with Crippen molar-refractivity contribution in [2.45, 2.75) is 23.9 Å². The molecule has 5 rings (SSSR count). The summed E-state index contributed by atoms with van der Waals surface area (Å²) in [6, 6.07) is 21.3. The predicted molar refractivity (Wildman–Crippen MR) is 126 cm³/mol. The second-order valence-corrected chi connectivity index (χ2v) is 8.96. The lowest BCUT2D eigenvalue weighted by molar-refractivity contribution is -0.120. The molecule has 1 aromatic heterocycles. The fourth-order valence-electron chi connectivity index (χ4n) is 3.54. The molecule has 9 heteroatoms. The third-order valence-electron chi connectivity index (χ3n) is 5.31. The van der Waals surface area contributed by atoms with Gasteiger partial charge in [-0.05, 0) is 61.0 Å². The quantitative estimate of drug-likeness (QED) is 0.393. The smallest absolute Gasteiger partial charge is 0.233 e. The van der Waals surface area contributed by atoms with Crippen molar-refractivity contribution in [3.8, 4) is 28.6 Å². The number of nitrogens with zero attached hydrogens (tertiary/aromatic N) is 3. The van der Waals surface area contributed by atoms with Gasteiger partial charge in [-0.15, -0.1) is 10.2 Å². The summed E-state index contributed by atoms with van der Waals surface area (Å²) in [6.45, 7) is 2.40.